The summed E-state index contributed by atoms with van der Waals surface area (Å²) in [4.78, 5) is 31.7. The van der Waals surface area contributed by atoms with Crippen LogP contribution in [-0.4, -0.2) is 37.3 Å². The smallest absolute Gasteiger partial charge is 0.410 e. The summed E-state index contributed by atoms with van der Waals surface area (Å²) >= 11 is 0. The van der Waals surface area contributed by atoms with Crippen molar-refractivity contribution in [3.63, 3.8) is 0 Å². The molecular weight excluding hydrogens is 468 g/mol. The second kappa shape index (κ2) is 9.42. The number of hydrogen-bond acceptors (Lipinski definition) is 5. The second-order valence-corrected chi connectivity index (χ2v) is 10.5. The highest BCUT2D eigenvalue weighted by atomic mass is 16.6. The van der Waals surface area contributed by atoms with Gasteiger partial charge in [0.1, 0.15) is 18.0 Å². The Labute approximate surface area is 216 Å². The van der Waals surface area contributed by atoms with E-state index in [0.29, 0.717) is 25.4 Å². The first kappa shape index (κ1) is 24.6. The van der Waals surface area contributed by atoms with Crippen molar-refractivity contribution in [2.75, 3.05) is 6.54 Å². The lowest BCUT2D eigenvalue weighted by atomic mass is 10.0. The zero-order valence-corrected chi connectivity index (χ0v) is 21.9. The molecule has 5 rings (SSSR count). The third kappa shape index (κ3) is 5.09. The van der Waals surface area contributed by atoms with Gasteiger partial charge in [0, 0.05) is 55.1 Å². The summed E-state index contributed by atoms with van der Waals surface area (Å²) in [5.41, 5.74) is 5.30. The number of fused-ring (bicyclic) bond motifs is 3. The van der Waals surface area contributed by atoms with Gasteiger partial charge in [-0.2, -0.15) is 0 Å². The summed E-state index contributed by atoms with van der Waals surface area (Å²) in [6, 6.07) is 13.2. The van der Waals surface area contributed by atoms with Gasteiger partial charge in [0.05, 0.1) is 23.4 Å². The molecule has 8 nitrogen and oxygen atoms in total. The number of carbonyl (C=O) groups excluding carboxylic acids is 1. The van der Waals surface area contributed by atoms with Gasteiger partial charge in [-0.25, -0.2) is 4.79 Å². The Kier molecular flexibility index (Phi) is 6.27. The lowest BCUT2D eigenvalue weighted by Gasteiger charge is -2.30. The summed E-state index contributed by atoms with van der Waals surface area (Å²) in [5, 5.41) is 1.08. The minimum absolute atomic E-state index is 0.177. The molecule has 1 aliphatic rings. The molecular formula is C29H32N4O4. The summed E-state index contributed by atoms with van der Waals surface area (Å²) < 4.78 is 15.1. The Morgan fingerprint density at radius 1 is 1.11 bits per heavy atom. The standard InChI is InChI=1S/C29H32N4O4/c1-19-6-7-20(30-16-19)18-36-22-10-13-33(27(34)15-22)21-8-9-23-24-17-32(28(35)37-29(2,3)4)12-11-25(24)31(5)26(23)14-21/h6-10,13-16H,11-12,17-18H2,1-5H3. The van der Waals surface area contributed by atoms with E-state index in [4.69, 9.17) is 9.47 Å². The van der Waals surface area contributed by atoms with Crippen LogP contribution in [-0.2, 0) is 31.4 Å². The quantitative estimate of drug-likeness (QED) is 0.398. The van der Waals surface area contributed by atoms with E-state index in [9.17, 15) is 9.59 Å². The number of aryl methyl sites for hydroxylation is 2. The van der Waals surface area contributed by atoms with E-state index in [0.717, 1.165) is 39.8 Å². The van der Waals surface area contributed by atoms with Crippen molar-refractivity contribution in [3.8, 4) is 11.4 Å². The van der Waals surface area contributed by atoms with Crippen LogP contribution in [0.2, 0.25) is 0 Å². The van der Waals surface area contributed by atoms with Crippen LogP contribution in [0.15, 0.2) is 59.7 Å². The van der Waals surface area contributed by atoms with Gasteiger partial charge in [0.15, 0.2) is 0 Å². The zero-order valence-electron chi connectivity index (χ0n) is 21.9. The molecule has 4 aromatic rings. The van der Waals surface area contributed by atoms with E-state index in [2.05, 4.69) is 9.55 Å². The molecule has 4 heterocycles. The monoisotopic (exact) mass is 500 g/mol. The highest BCUT2D eigenvalue weighted by Gasteiger charge is 2.29. The fraction of sp³-hybridized carbons (Fsp3) is 0.345. The first-order valence-electron chi connectivity index (χ1n) is 12.4. The molecule has 0 atom stereocenters. The number of benzene rings is 1. The molecule has 1 aliphatic heterocycles. The van der Waals surface area contributed by atoms with Crippen LogP contribution >= 0.6 is 0 Å². The molecule has 3 aromatic heterocycles. The SMILES string of the molecule is Cc1ccc(COc2ccn(-c3ccc4c5c(n(C)c4c3)CCN(C(=O)OC(C)(C)C)C5)c(=O)c2)nc1. The Balaban J connectivity index is 1.38. The molecule has 37 heavy (non-hydrogen) atoms. The highest BCUT2D eigenvalue weighted by Crippen LogP contribution is 2.32. The number of ether oxygens (including phenoxy) is 2. The first-order valence-corrected chi connectivity index (χ1v) is 12.4. The average Bonchev–Trinajstić information content (AvgIpc) is 3.13. The van der Waals surface area contributed by atoms with Crippen LogP contribution in [0.5, 0.6) is 5.75 Å². The Morgan fingerprint density at radius 2 is 1.92 bits per heavy atom. The van der Waals surface area contributed by atoms with Crippen molar-refractivity contribution in [1.82, 2.24) is 19.0 Å². The minimum atomic E-state index is -0.531. The maximum Gasteiger partial charge on any atom is 0.410 e. The molecule has 0 aliphatic carbocycles. The third-order valence-corrected chi connectivity index (χ3v) is 6.57. The van der Waals surface area contributed by atoms with Gasteiger partial charge in [0.2, 0.25) is 0 Å². The summed E-state index contributed by atoms with van der Waals surface area (Å²) in [6.45, 7) is 9.02. The molecule has 192 valence electrons. The van der Waals surface area contributed by atoms with Crippen molar-refractivity contribution in [2.45, 2.75) is 52.9 Å². The molecule has 0 radical (unpaired) electrons. The Hall–Kier alpha value is -4.07. The Morgan fingerprint density at radius 3 is 2.62 bits per heavy atom. The van der Waals surface area contributed by atoms with Crippen LogP contribution in [0.1, 0.15) is 43.3 Å². The molecule has 1 amide bonds. The molecule has 0 N–H and O–H groups in total. The summed E-state index contributed by atoms with van der Waals surface area (Å²) in [6.07, 6.45) is 3.98. The van der Waals surface area contributed by atoms with E-state index < -0.39 is 5.60 Å². The lowest BCUT2D eigenvalue weighted by molar-refractivity contribution is 0.0223. The highest BCUT2D eigenvalue weighted by molar-refractivity contribution is 5.88. The number of nitrogens with zero attached hydrogens (tertiary/aromatic N) is 4. The molecule has 0 unspecified atom stereocenters. The van der Waals surface area contributed by atoms with E-state index in [1.54, 1.807) is 27.9 Å². The van der Waals surface area contributed by atoms with Crippen LogP contribution in [0.25, 0.3) is 16.6 Å². The van der Waals surface area contributed by atoms with E-state index in [1.807, 2.05) is 65.1 Å². The molecule has 0 fully saturated rings. The van der Waals surface area contributed by atoms with E-state index in [-0.39, 0.29) is 11.7 Å². The molecule has 0 spiro atoms. The fourth-order valence-electron chi connectivity index (χ4n) is 4.70. The minimum Gasteiger partial charge on any atom is -0.487 e. The van der Waals surface area contributed by atoms with Gasteiger partial charge >= 0.3 is 6.09 Å². The first-order chi connectivity index (χ1) is 17.6. The van der Waals surface area contributed by atoms with E-state index >= 15 is 0 Å². The molecule has 0 saturated carbocycles. The zero-order chi connectivity index (χ0) is 26.3. The molecule has 0 saturated heterocycles. The molecule has 8 heteroatoms. The number of amides is 1. The number of aromatic nitrogens is 3. The van der Waals surface area contributed by atoms with Crippen LogP contribution in [0.4, 0.5) is 4.79 Å². The molecule has 1 aromatic carbocycles. The number of pyridine rings is 2. The Bertz CT molecular complexity index is 1530. The van der Waals surface area contributed by atoms with Gasteiger partial charge in [-0.05, 0) is 57.5 Å². The topological polar surface area (TPSA) is 78.6 Å². The fourth-order valence-corrected chi connectivity index (χ4v) is 4.70. The van der Waals surface area contributed by atoms with Gasteiger partial charge < -0.3 is 18.9 Å². The van der Waals surface area contributed by atoms with Gasteiger partial charge in [0.25, 0.3) is 5.56 Å². The van der Waals surface area contributed by atoms with Gasteiger partial charge in [-0.3, -0.25) is 14.3 Å². The van der Waals surface area contributed by atoms with Crippen molar-refractivity contribution in [2.24, 2.45) is 7.05 Å². The third-order valence-electron chi connectivity index (χ3n) is 6.57. The van der Waals surface area contributed by atoms with Crippen molar-refractivity contribution in [1.29, 1.82) is 0 Å². The van der Waals surface area contributed by atoms with Crippen LogP contribution < -0.4 is 10.3 Å². The van der Waals surface area contributed by atoms with Crippen LogP contribution in [0, 0.1) is 6.92 Å². The van der Waals surface area contributed by atoms with Crippen LogP contribution in [0.3, 0.4) is 0 Å². The average molecular weight is 501 g/mol. The number of rotatable bonds is 4. The largest absolute Gasteiger partial charge is 0.487 e. The van der Waals surface area contributed by atoms with Crippen molar-refractivity contribution < 1.29 is 14.3 Å². The number of hydrogen-bond donors (Lipinski definition) is 0. The lowest BCUT2D eigenvalue weighted by Crippen LogP contribution is -2.40. The predicted molar refractivity (Wildman–Crippen MR) is 142 cm³/mol. The van der Waals surface area contributed by atoms with Gasteiger partial charge in [-0.15, -0.1) is 0 Å². The second-order valence-electron chi connectivity index (χ2n) is 10.5. The maximum absolute atomic E-state index is 12.9. The summed E-state index contributed by atoms with van der Waals surface area (Å²) in [5.74, 6) is 0.501. The van der Waals surface area contributed by atoms with E-state index in [1.165, 1.54) is 11.8 Å². The predicted octanol–water partition coefficient (Wildman–Crippen LogP) is 4.90. The number of carbonyl (C=O) groups is 1. The van der Waals surface area contributed by atoms with Crippen molar-refractivity contribution >= 4 is 17.0 Å². The maximum atomic E-state index is 12.9. The summed E-state index contributed by atoms with van der Waals surface area (Å²) in [7, 11) is 2.03. The van der Waals surface area contributed by atoms with Crippen molar-refractivity contribution in [3.05, 3.63) is 87.7 Å². The van der Waals surface area contributed by atoms with Gasteiger partial charge in [-0.1, -0.05) is 12.1 Å². The normalized spacial score (nSPS) is 13.5. The molecule has 0 bridgehead atoms.